The third-order valence-corrected chi connectivity index (χ3v) is 9.58. The van der Waals surface area contributed by atoms with E-state index in [-0.39, 0.29) is 0 Å². The maximum Gasteiger partial charge on any atom is 0.0493 e. The van der Waals surface area contributed by atoms with Gasteiger partial charge in [0.25, 0.3) is 0 Å². The summed E-state index contributed by atoms with van der Waals surface area (Å²) in [7, 11) is -0.853. The molecule has 0 bridgehead atoms. The van der Waals surface area contributed by atoms with E-state index in [0.717, 1.165) is 4.58 Å². The smallest absolute Gasteiger partial charge is 0.0493 e. The average molecular weight is 249 g/mol. The number of rotatable bonds is 5. The van der Waals surface area contributed by atoms with Crippen LogP contribution in [-0.4, -0.2) is 24.2 Å². The van der Waals surface area contributed by atoms with Gasteiger partial charge in [0.15, 0.2) is 0 Å². The Morgan fingerprint density at radius 1 is 1.21 bits per heavy atom. The molecule has 1 fully saturated rings. The molecule has 0 aromatic heterocycles. The van der Waals surface area contributed by atoms with Crippen molar-refractivity contribution in [3.05, 3.63) is 0 Å². The predicted molar refractivity (Wildman–Crippen MR) is 75.3 cm³/mol. The minimum absolute atomic E-state index is 0.853. The van der Waals surface area contributed by atoms with Crippen LogP contribution in [0.1, 0.15) is 26.2 Å². The first-order valence-electron chi connectivity index (χ1n) is 5.87. The fourth-order valence-corrected chi connectivity index (χ4v) is 10.2. The van der Waals surface area contributed by atoms with Crippen molar-refractivity contribution in [2.75, 3.05) is 11.5 Å². The summed E-state index contributed by atoms with van der Waals surface area (Å²) in [6, 6.07) is 3.09. The molecule has 0 aromatic rings. The molecule has 0 aromatic carbocycles. The Hall–Kier alpha value is 0.917. The topological polar surface area (TPSA) is 0 Å². The van der Waals surface area contributed by atoms with Gasteiger partial charge in [0.05, 0.1) is 0 Å². The highest BCUT2D eigenvalue weighted by atomic mass is 32.2. The zero-order valence-corrected chi connectivity index (χ0v) is 12.5. The lowest BCUT2D eigenvalue weighted by Crippen LogP contribution is -2.29. The van der Waals surface area contributed by atoms with Crippen molar-refractivity contribution in [3.8, 4) is 0 Å². The van der Waals surface area contributed by atoms with E-state index in [9.17, 15) is 0 Å². The Morgan fingerprint density at radius 2 is 1.86 bits per heavy atom. The molecule has 0 atom stereocenters. The zero-order valence-electron chi connectivity index (χ0n) is 9.84. The standard InChI is InChI=1S/C11H24S2Si/c1-4-5-9-14(2,3)10-11-12-7-6-8-13-11/h11H,4-10H2,1-3H3. The van der Waals surface area contributed by atoms with Gasteiger partial charge in [-0.15, -0.1) is 23.5 Å². The first-order chi connectivity index (χ1) is 6.64. The van der Waals surface area contributed by atoms with Crippen LogP contribution in [0.3, 0.4) is 0 Å². The molecule has 0 nitrogen and oxygen atoms in total. The third-order valence-electron chi connectivity index (χ3n) is 2.82. The van der Waals surface area contributed by atoms with Crippen LogP contribution in [0.4, 0.5) is 0 Å². The fourth-order valence-electron chi connectivity index (χ4n) is 1.86. The summed E-state index contributed by atoms with van der Waals surface area (Å²) in [5.74, 6) is 2.83. The molecule has 1 heterocycles. The summed E-state index contributed by atoms with van der Waals surface area (Å²) in [4.78, 5) is 0. The van der Waals surface area contributed by atoms with Gasteiger partial charge in [-0.05, 0) is 24.0 Å². The lowest BCUT2D eigenvalue weighted by atomic mass is 10.4. The molecule has 0 amide bonds. The molecular weight excluding hydrogens is 224 g/mol. The number of thioether (sulfide) groups is 2. The lowest BCUT2D eigenvalue weighted by molar-refractivity contribution is 0.863. The Labute approximate surface area is 99.0 Å². The highest BCUT2D eigenvalue weighted by Gasteiger charge is 2.26. The average Bonchev–Trinajstić information content (AvgIpc) is 2.16. The molecule has 3 heteroatoms. The second kappa shape index (κ2) is 6.49. The second-order valence-electron chi connectivity index (χ2n) is 5.00. The molecule has 1 aliphatic heterocycles. The summed E-state index contributed by atoms with van der Waals surface area (Å²) < 4.78 is 0.947. The van der Waals surface area contributed by atoms with E-state index in [4.69, 9.17) is 0 Å². The van der Waals surface area contributed by atoms with Gasteiger partial charge in [-0.2, -0.15) is 0 Å². The normalized spacial score (nSPS) is 19.9. The van der Waals surface area contributed by atoms with Gasteiger partial charge < -0.3 is 0 Å². The van der Waals surface area contributed by atoms with Crippen molar-refractivity contribution in [2.24, 2.45) is 0 Å². The molecule has 1 saturated heterocycles. The lowest BCUT2D eigenvalue weighted by Gasteiger charge is -2.29. The monoisotopic (exact) mass is 248 g/mol. The molecule has 0 unspecified atom stereocenters. The highest BCUT2D eigenvalue weighted by molar-refractivity contribution is 8.17. The summed E-state index contributed by atoms with van der Waals surface area (Å²) in [5.41, 5.74) is 0. The van der Waals surface area contributed by atoms with Crippen LogP contribution >= 0.6 is 23.5 Å². The van der Waals surface area contributed by atoms with Crippen molar-refractivity contribution in [1.82, 2.24) is 0 Å². The van der Waals surface area contributed by atoms with Crippen molar-refractivity contribution in [2.45, 2.75) is 56.0 Å². The largest absolute Gasteiger partial charge is 0.148 e. The quantitative estimate of drug-likeness (QED) is 0.647. The van der Waals surface area contributed by atoms with E-state index in [1.54, 1.807) is 12.1 Å². The Kier molecular flexibility index (Phi) is 6.02. The minimum atomic E-state index is -0.853. The second-order valence-corrected chi connectivity index (χ2v) is 13.2. The molecule has 0 N–H and O–H groups in total. The fraction of sp³-hybridized carbons (Fsp3) is 1.00. The summed E-state index contributed by atoms with van der Waals surface area (Å²) in [5, 5.41) is 0. The SMILES string of the molecule is CCCC[Si](C)(C)CC1SCCCS1. The van der Waals surface area contributed by atoms with Gasteiger partial charge in [0.1, 0.15) is 0 Å². The van der Waals surface area contributed by atoms with Gasteiger partial charge in [-0.1, -0.05) is 38.9 Å². The number of hydrogen-bond donors (Lipinski definition) is 0. The maximum atomic E-state index is 2.58. The summed E-state index contributed by atoms with van der Waals surface area (Å²) in [6.45, 7) is 7.48. The van der Waals surface area contributed by atoms with E-state index in [2.05, 4.69) is 43.5 Å². The molecule has 84 valence electrons. The van der Waals surface area contributed by atoms with Crippen molar-refractivity contribution < 1.29 is 0 Å². The molecule has 0 radical (unpaired) electrons. The van der Waals surface area contributed by atoms with Crippen LogP contribution in [-0.2, 0) is 0 Å². The zero-order chi connectivity index (χ0) is 10.4. The maximum absolute atomic E-state index is 2.58. The van der Waals surface area contributed by atoms with E-state index < -0.39 is 8.07 Å². The van der Waals surface area contributed by atoms with Crippen LogP contribution in [0.2, 0.25) is 25.2 Å². The summed E-state index contributed by atoms with van der Waals surface area (Å²) >= 11 is 4.44. The van der Waals surface area contributed by atoms with Crippen molar-refractivity contribution >= 4 is 31.6 Å². The van der Waals surface area contributed by atoms with Crippen molar-refractivity contribution in [3.63, 3.8) is 0 Å². The third kappa shape index (κ3) is 5.13. The predicted octanol–water partition coefficient (Wildman–Crippen LogP) is 4.69. The van der Waals surface area contributed by atoms with Gasteiger partial charge in [0, 0.05) is 12.7 Å². The molecule has 14 heavy (non-hydrogen) atoms. The van der Waals surface area contributed by atoms with Crippen LogP contribution in [0, 0.1) is 0 Å². The van der Waals surface area contributed by atoms with Crippen molar-refractivity contribution in [1.29, 1.82) is 0 Å². The van der Waals surface area contributed by atoms with Crippen LogP contribution in [0.15, 0.2) is 0 Å². The first-order valence-corrected chi connectivity index (χ1v) is 11.4. The molecular formula is C11H24S2Si. The molecule has 1 aliphatic rings. The van der Waals surface area contributed by atoms with Gasteiger partial charge in [0.2, 0.25) is 0 Å². The highest BCUT2D eigenvalue weighted by Crippen LogP contribution is 2.37. The van der Waals surface area contributed by atoms with Crippen LogP contribution < -0.4 is 0 Å². The molecule has 0 saturated carbocycles. The molecule has 0 spiro atoms. The Balaban J connectivity index is 2.25. The first kappa shape index (κ1) is 13.0. The van der Waals surface area contributed by atoms with Crippen LogP contribution in [0.5, 0.6) is 0 Å². The van der Waals surface area contributed by atoms with Gasteiger partial charge in [-0.3, -0.25) is 0 Å². The number of hydrogen-bond acceptors (Lipinski definition) is 2. The molecule has 0 aliphatic carbocycles. The Bertz CT molecular complexity index is 153. The summed E-state index contributed by atoms with van der Waals surface area (Å²) in [6.07, 6.45) is 4.27. The van der Waals surface area contributed by atoms with E-state index in [0.29, 0.717) is 0 Å². The van der Waals surface area contributed by atoms with E-state index in [1.807, 2.05) is 0 Å². The molecule has 1 rings (SSSR count). The van der Waals surface area contributed by atoms with Gasteiger partial charge >= 0.3 is 0 Å². The van der Waals surface area contributed by atoms with Gasteiger partial charge in [-0.25, -0.2) is 0 Å². The van der Waals surface area contributed by atoms with Crippen LogP contribution in [0.25, 0.3) is 0 Å². The Morgan fingerprint density at radius 3 is 2.43 bits per heavy atom. The minimum Gasteiger partial charge on any atom is -0.148 e. The van der Waals surface area contributed by atoms with E-state index >= 15 is 0 Å². The number of unbranched alkanes of at least 4 members (excludes halogenated alkanes) is 1. The van der Waals surface area contributed by atoms with E-state index in [1.165, 1.54) is 30.8 Å².